The maximum Gasteiger partial charge on any atom is 0.294 e. The summed E-state index contributed by atoms with van der Waals surface area (Å²) in [6, 6.07) is 18.4. The molecule has 0 atom stereocenters. The van der Waals surface area contributed by atoms with E-state index in [1.807, 2.05) is 48.6 Å². The molecule has 6 heteroatoms. The molecule has 2 heterocycles. The molecule has 0 fully saturated rings. The van der Waals surface area contributed by atoms with Crippen LogP contribution in [0.2, 0.25) is 5.22 Å². The summed E-state index contributed by atoms with van der Waals surface area (Å²) in [6.07, 6.45) is 3.89. The summed E-state index contributed by atoms with van der Waals surface area (Å²) in [5.41, 5.74) is 1.73. The lowest BCUT2D eigenvalue weighted by Crippen LogP contribution is -2.31. The Balaban J connectivity index is 1.63. The van der Waals surface area contributed by atoms with Gasteiger partial charge < -0.3 is 18.8 Å². The third kappa shape index (κ3) is 4.05. The number of ether oxygens (including phenoxy) is 2. The van der Waals surface area contributed by atoms with Crippen molar-refractivity contribution >= 4 is 29.3 Å². The smallest absolute Gasteiger partial charge is 0.294 e. The summed E-state index contributed by atoms with van der Waals surface area (Å²) in [7, 11) is 0. The van der Waals surface area contributed by atoms with Gasteiger partial charge in [-0.2, -0.15) is 0 Å². The molecule has 2 aromatic carbocycles. The zero-order valence-electron chi connectivity index (χ0n) is 15.0. The fourth-order valence-corrected chi connectivity index (χ4v) is 3.07. The van der Waals surface area contributed by atoms with Gasteiger partial charge >= 0.3 is 0 Å². The Labute approximate surface area is 167 Å². The number of anilines is 1. The molecule has 28 heavy (non-hydrogen) atoms. The van der Waals surface area contributed by atoms with Gasteiger partial charge in [-0.3, -0.25) is 4.79 Å². The van der Waals surface area contributed by atoms with Crippen LogP contribution in [-0.4, -0.2) is 25.7 Å². The minimum absolute atomic E-state index is 0.172. The van der Waals surface area contributed by atoms with E-state index >= 15 is 0 Å². The normalized spacial score (nSPS) is 12.9. The van der Waals surface area contributed by atoms with Crippen molar-refractivity contribution < 1.29 is 18.7 Å². The number of fused-ring (bicyclic) bond motifs is 1. The first-order valence-electron chi connectivity index (χ1n) is 8.89. The number of rotatable bonds is 5. The first-order chi connectivity index (χ1) is 13.7. The SMILES string of the molecule is O=C(c1ccc(Cl)o1)N(C/C=C/c1ccccc1)c1ccc2c(c1)OCCO2. The summed E-state index contributed by atoms with van der Waals surface area (Å²) in [6.45, 7) is 1.34. The average Bonchev–Trinajstić information content (AvgIpc) is 3.17. The molecule has 0 aliphatic carbocycles. The standard InChI is InChI=1S/C22H18ClNO4/c23-21-11-10-19(28-21)22(25)24(12-4-7-16-5-2-1-3-6-16)17-8-9-18-20(15-17)27-14-13-26-18/h1-11,15H,12-14H2/b7-4+. The molecule has 1 amide bonds. The quantitative estimate of drug-likeness (QED) is 0.605. The molecule has 0 saturated heterocycles. The first kappa shape index (κ1) is 18.2. The first-order valence-corrected chi connectivity index (χ1v) is 9.27. The molecule has 5 nitrogen and oxygen atoms in total. The second-order valence-corrected chi connectivity index (χ2v) is 6.53. The zero-order valence-corrected chi connectivity index (χ0v) is 15.8. The minimum Gasteiger partial charge on any atom is -0.486 e. The van der Waals surface area contributed by atoms with Crippen LogP contribution in [0.4, 0.5) is 5.69 Å². The van der Waals surface area contributed by atoms with Crippen LogP contribution < -0.4 is 14.4 Å². The Morgan fingerprint density at radius 2 is 1.79 bits per heavy atom. The van der Waals surface area contributed by atoms with E-state index in [1.165, 1.54) is 0 Å². The Morgan fingerprint density at radius 3 is 2.54 bits per heavy atom. The summed E-state index contributed by atoms with van der Waals surface area (Å²) in [5.74, 6) is 1.17. The van der Waals surface area contributed by atoms with E-state index in [0.29, 0.717) is 36.9 Å². The van der Waals surface area contributed by atoms with Crippen LogP contribution in [0.1, 0.15) is 16.1 Å². The van der Waals surface area contributed by atoms with E-state index in [1.54, 1.807) is 29.2 Å². The predicted octanol–water partition coefficient (Wildman–Crippen LogP) is 5.06. The number of benzene rings is 2. The number of nitrogens with zero attached hydrogens (tertiary/aromatic N) is 1. The van der Waals surface area contributed by atoms with Crippen molar-refractivity contribution in [2.24, 2.45) is 0 Å². The molecule has 142 valence electrons. The summed E-state index contributed by atoms with van der Waals surface area (Å²) >= 11 is 5.85. The van der Waals surface area contributed by atoms with E-state index in [2.05, 4.69) is 0 Å². The van der Waals surface area contributed by atoms with Crippen molar-refractivity contribution in [3.05, 3.63) is 83.3 Å². The molecule has 1 aromatic heterocycles. The van der Waals surface area contributed by atoms with Gasteiger partial charge in [0.2, 0.25) is 0 Å². The van der Waals surface area contributed by atoms with Crippen molar-refractivity contribution in [3.63, 3.8) is 0 Å². The van der Waals surface area contributed by atoms with Crippen molar-refractivity contribution in [1.29, 1.82) is 0 Å². The second-order valence-electron chi connectivity index (χ2n) is 6.16. The Morgan fingerprint density at radius 1 is 1.00 bits per heavy atom. The number of hydrogen-bond acceptors (Lipinski definition) is 4. The summed E-state index contributed by atoms with van der Waals surface area (Å²) in [4.78, 5) is 14.6. The highest BCUT2D eigenvalue weighted by Crippen LogP contribution is 2.34. The van der Waals surface area contributed by atoms with Crippen molar-refractivity contribution in [2.75, 3.05) is 24.7 Å². The van der Waals surface area contributed by atoms with Gasteiger partial charge in [0, 0.05) is 18.3 Å². The minimum atomic E-state index is -0.290. The molecular formula is C22H18ClNO4. The third-order valence-electron chi connectivity index (χ3n) is 4.26. The summed E-state index contributed by atoms with van der Waals surface area (Å²) < 4.78 is 16.5. The van der Waals surface area contributed by atoms with E-state index < -0.39 is 0 Å². The lowest BCUT2D eigenvalue weighted by Gasteiger charge is -2.24. The fourth-order valence-electron chi connectivity index (χ4n) is 2.93. The van der Waals surface area contributed by atoms with E-state index in [-0.39, 0.29) is 16.9 Å². The largest absolute Gasteiger partial charge is 0.486 e. The summed E-state index contributed by atoms with van der Waals surface area (Å²) in [5, 5.41) is 0.172. The number of amides is 1. The lowest BCUT2D eigenvalue weighted by atomic mass is 10.2. The van der Waals surface area contributed by atoms with Gasteiger partial charge in [0.05, 0.1) is 0 Å². The van der Waals surface area contributed by atoms with Gasteiger partial charge in [-0.1, -0.05) is 42.5 Å². The van der Waals surface area contributed by atoms with Crippen LogP contribution in [0.15, 0.2) is 71.2 Å². The van der Waals surface area contributed by atoms with Crippen LogP contribution in [0.25, 0.3) is 6.08 Å². The third-order valence-corrected chi connectivity index (χ3v) is 4.47. The predicted molar refractivity (Wildman–Crippen MR) is 108 cm³/mol. The highest BCUT2D eigenvalue weighted by atomic mass is 35.5. The number of carbonyl (C=O) groups is 1. The highest BCUT2D eigenvalue weighted by molar-refractivity contribution is 6.29. The van der Waals surface area contributed by atoms with Crippen LogP contribution in [0.5, 0.6) is 11.5 Å². The number of furan rings is 1. The van der Waals surface area contributed by atoms with Crippen LogP contribution in [0.3, 0.4) is 0 Å². The Kier molecular flexibility index (Phi) is 5.35. The van der Waals surface area contributed by atoms with Gasteiger partial charge in [0.15, 0.2) is 22.5 Å². The maximum atomic E-state index is 13.0. The number of halogens is 1. The topological polar surface area (TPSA) is 51.9 Å². The van der Waals surface area contributed by atoms with Gasteiger partial charge in [0.1, 0.15) is 13.2 Å². The van der Waals surface area contributed by atoms with Gasteiger partial charge in [-0.25, -0.2) is 0 Å². The molecular weight excluding hydrogens is 378 g/mol. The average molecular weight is 396 g/mol. The second kappa shape index (κ2) is 8.23. The van der Waals surface area contributed by atoms with Crippen LogP contribution in [0, 0.1) is 0 Å². The molecule has 0 bridgehead atoms. The monoisotopic (exact) mass is 395 g/mol. The molecule has 1 aliphatic heterocycles. The number of carbonyl (C=O) groups excluding carboxylic acids is 1. The molecule has 1 aliphatic rings. The van der Waals surface area contributed by atoms with Crippen molar-refractivity contribution in [2.45, 2.75) is 0 Å². The van der Waals surface area contributed by atoms with Crippen molar-refractivity contribution in [3.8, 4) is 11.5 Å². The van der Waals surface area contributed by atoms with Crippen LogP contribution >= 0.6 is 11.6 Å². The molecule has 4 rings (SSSR count). The molecule has 0 unspecified atom stereocenters. The van der Waals surface area contributed by atoms with Gasteiger partial charge in [-0.15, -0.1) is 0 Å². The zero-order chi connectivity index (χ0) is 19.3. The molecule has 0 radical (unpaired) electrons. The molecule has 0 spiro atoms. The Bertz CT molecular complexity index is 997. The maximum absolute atomic E-state index is 13.0. The lowest BCUT2D eigenvalue weighted by molar-refractivity contribution is 0.0963. The van der Waals surface area contributed by atoms with E-state index in [9.17, 15) is 4.79 Å². The van der Waals surface area contributed by atoms with Crippen LogP contribution in [-0.2, 0) is 0 Å². The van der Waals surface area contributed by atoms with E-state index in [4.69, 9.17) is 25.5 Å². The molecule has 0 N–H and O–H groups in total. The van der Waals surface area contributed by atoms with E-state index in [0.717, 1.165) is 5.56 Å². The van der Waals surface area contributed by atoms with Crippen molar-refractivity contribution in [1.82, 2.24) is 0 Å². The Hall–Kier alpha value is -3.18. The fraction of sp³-hybridized carbons (Fsp3) is 0.136. The van der Waals surface area contributed by atoms with Gasteiger partial charge in [0.25, 0.3) is 5.91 Å². The highest BCUT2D eigenvalue weighted by Gasteiger charge is 2.22. The number of hydrogen-bond donors (Lipinski definition) is 0. The molecule has 0 saturated carbocycles. The van der Waals surface area contributed by atoms with Gasteiger partial charge in [-0.05, 0) is 41.4 Å². The molecule has 3 aromatic rings.